The van der Waals surface area contributed by atoms with Gasteiger partial charge in [-0.1, -0.05) is 25.0 Å². The highest BCUT2D eigenvalue weighted by molar-refractivity contribution is 5.85. The van der Waals surface area contributed by atoms with Gasteiger partial charge in [-0.05, 0) is 39.0 Å². The van der Waals surface area contributed by atoms with Crippen LogP contribution < -0.4 is 0 Å². The molecule has 0 unspecified atom stereocenters. The Hall–Kier alpha value is -0.630. The molecule has 1 aliphatic rings. The van der Waals surface area contributed by atoms with Crippen LogP contribution in [0.5, 0.6) is 0 Å². The molecule has 86 valence electrons. The lowest BCUT2D eigenvalue weighted by atomic mass is 9.80. The highest BCUT2D eigenvalue weighted by atomic mass is 16.3. The molecule has 1 aliphatic carbocycles. The summed E-state index contributed by atoms with van der Waals surface area (Å²) in [6.45, 7) is 8.00. The van der Waals surface area contributed by atoms with Crippen LogP contribution in [0.25, 0.3) is 0 Å². The third-order valence-corrected chi connectivity index (χ3v) is 3.47. The molecule has 0 heterocycles. The van der Waals surface area contributed by atoms with Crippen molar-refractivity contribution in [3.63, 3.8) is 0 Å². The van der Waals surface area contributed by atoms with E-state index in [0.29, 0.717) is 0 Å². The zero-order valence-electron chi connectivity index (χ0n) is 10.2. The largest absolute Gasteiger partial charge is 0.385 e. The minimum absolute atomic E-state index is 0.0322. The van der Waals surface area contributed by atoms with Crippen LogP contribution in [0.4, 0.5) is 0 Å². The van der Waals surface area contributed by atoms with E-state index in [9.17, 15) is 9.90 Å². The van der Waals surface area contributed by atoms with Crippen LogP contribution in [0.1, 0.15) is 47.0 Å². The number of carbonyl (C=O) groups is 1. The molecule has 0 bridgehead atoms. The van der Waals surface area contributed by atoms with Crippen LogP contribution >= 0.6 is 0 Å². The van der Waals surface area contributed by atoms with Crippen molar-refractivity contribution >= 4 is 5.78 Å². The summed E-state index contributed by atoms with van der Waals surface area (Å²) < 4.78 is 0. The van der Waals surface area contributed by atoms with Gasteiger partial charge < -0.3 is 5.11 Å². The van der Waals surface area contributed by atoms with E-state index in [0.717, 1.165) is 19.3 Å². The first-order chi connectivity index (χ1) is 6.93. The summed E-state index contributed by atoms with van der Waals surface area (Å²) in [4.78, 5) is 11.9. The van der Waals surface area contributed by atoms with Gasteiger partial charge >= 0.3 is 0 Å². The molecule has 0 spiro atoms. The Morgan fingerprint density at radius 3 is 2.40 bits per heavy atom. The fourth-order valence-electron chi connectivity index (χ4n) is 2.06. The average Bonchev–Trinajstić information content (AvgIpc) is 2.19. The fraction of sp³-hybridized carbons (Fsp3) is 0.769. The minimum atomic E-state index is -0.777. The molecule has 2 nitrogen and oxygen atoms in total. The maximum atomic E-state index is 11.9. The Bertz CT molecular complexity index is 276. The lowest BCUT2D eigenvalue weighted by Gasteiger charge is -2.26. The molecule has 0 aliphatic heterocycles. The third-order valence-electron chi connectivity index (χ3n) is 3.47. The molecule has 0 radical (unpaired) electrons. The van der Waals surface area contributed by atoms with Crippen molar-refractivity contribution in [3.8, 4) is 0 Å². The molecule has 0 saturated carbocycles. The smallest absolute Gasteiger partial charge is 0.164 e. The second-order valence-corrected chi connectivity index (χ2v) is 5.09. The van der Waals surface area contributed by atoms with Gasteiger partial charge in [0.05, 0.1) is 0 Å². The molecule has 0 aromatic heterocycles. The number of aliphatic hydroxyl groups excluding tert-OH is 1. The number of hydrogen-bond donors (Lipinski definition) is 1. The number of ketones is 1. The van der Waals surface area contributed by atoms with Crippen LogP contribution in [0.15, 0.2) is 11.1 Å². The van der Waals surface area contributed by atoms with Crippen molar-refractivity contribution in [2.45, 2.75) is 53.1 Å². The van der Waals surface area contributed by atoms with Crippen LogP contribution in [0.3, 0.4) is 0 Å². The number of rotatable bonds is 3. The number of Topliss-reactive ketones (excluding diaryl/α,β-unsaturated/α-hetero) is 1. The predicted octanol–water partition coefficient (Wildman–Crippen LogP) is 2.71. The SMILES string of the molecule is CC1=C(C)C[C@@H](C(=O)[C@@H](O)C(C)C)CC1. The molecule has 2 atom stereocenters. The molecule has 15 heavy (non-hydrogen) atoms. The van der Waals surface area contributed by atoms with Gasteiger partial charge in [0.2, 0.25) is 0 Å². The predicted molar refractivity (Wildman–Crippen MR) is 61.6 cm³/mol. The van der Waals surface area contributed by atoms with Gasteiger partial charge in [-0.3, -0.25) is 4.79 Å². The highest BCUT2D eigenvalue weighted by Crippen LogP contribution is 2.30. The Morgan fingerprint density at radius 2 is 1.93 bits per heavy atom. The zero-order chi connectivity index (χ0) is 11.6. The maximum Gasteiger partial charge on any atom is 0.164 e. The number of hydrogen-bond acceptors (Lipinski definition) is 2. The summed E-state index contributed by atoms with van der Waals surface area (Å²) in [6, 6.07) is 0. The topological polar surface area (TPSA) is 37.3 Å². The molecule has 0 aromatic rings. The van der Waals surface area contributed by atoms with E-state index >= 15 is 0 Å². The summed E-state index contributed by atoms with van der Waals surface area (Å²) in [5.74, 6) is 0.118. The van der Waals surface area contributed by atoms with Crippen LogP contribution in [-0.2, 0) is 4.79 Å². The third kappa shape index (κ3) is 2.91. The lowest BCUT2D eigenvalue weighted by Crippen LogP contribution is -2.33. The molecule has 1 N–H and O–H groups in total. The van der Waals surface area contributed by atoms with Gasteiger partial charge in [0.1, 0.15) is 6.10 Å². The second-order valence-electron chi connectivity index (χ2n) is 5.09. The van der Waals surface area contributed by atoms with Crippen LogP contribution in [-0.4, -0.2) is 17.0 Å². The Balaban J connectivity index is 2.64. The summed E-state index contributed by atoms with van der Waals surface area (Å²) in [5, 5.41) is 9.73. The van der Waals surface area contributed by atoms with Gasteiger partial charge in [0, 0.05) is 5.92 Å². The van der Waals surface area contributed by atoms with Crippen molar-refractivity contribution in [2.75, 3.05) is 0 Å². The molecule has 0 saturated heterocycles. The monoisotopic (exact) mass is 210 g/mol. The molecular formula is C13H22O2. The zero-order valence-corrected chi connectivity index (χ0v) is 10.2. The van der Waals surface area contributed by atoms with Crippen molar-refractivity contribution in [1.29, 1.82) is 0 Å². The molecule has 1 rings (SSSR count). The molecule has 0 amide bonds. The molecule has 0 aromatic carbocycles. The van der Waals surface area contributed by atoms with Crippen LogP contribution in [0.2, 0.25) is 0 Å². The quantitative estimate of drug-likeness (QED) is 0.727. The van der Waals surface area contributed by atoms with Crippen molar-refractivity contribution in [3.05, 3.63) is 11.1 Å². The van der Waals surface area contributed by atoms with Gasteiger partial charge in [0.15, 0.2) is 5.78 Å². The summed E-state index contributed by atoms with van der Waals surface area (Å²) in [6.07, 6.45) is 1.98. The summed E-state index contributed by atoms with van der Waals surface area (Å²) in [7, 11) is 0. The van der Waals surface area contributed by atoms with E-state index in [1.807, 2.05) is 13.8 Å². The minimum Gasteiger partial charge on any atom is -0.385 e. The lowest BCUT2D eigenvalue weighted by molar-refractivity contribution is -0.133. The number of allylic oxidation sites excluding steroid dienone is 2. The number of aliphatic hydroxyl groups is 1. The van der Waals surface area contributed by atoms with Gasteiger partial charge in [0.25, 0.3) is 0 Å². The van der Waals surface area contributed by atoms with Crippen molar-refractivity contribution in [1.82, 2.24) is 0 Å². The second kappa shape index (κ2) is 4.93. The summed E-state index contributed by atoms with van der Waals surface area (Å²) in [5.41, 5.74) is 2.74. The maximum absolute atomic E-state index is 11.9. The molecule has 2 heteroatoms. The van der Waals surface area contributed by atoms with E-state index < -0.39 is 6.10 Å². The van der Waals surface area contributed by atoms with E-state index in [4.69, 9.17) is 0 Å². The van der Waals surface area contributed by atoms with E-state index in [1.165, 1.54) is 11.1 Å². The first kappa shape index (κ1) is 12.4. The van der Waals surface area contributed by atoms with Gasteiger partial charge in [-0.25, -0.2) is 0 Å². The Kier molecular flexibility index (Phi) is 4.09. The average molecular weight is 210 g/mol. The fourth-order valence-corrected chi connectivity index (χ4v) is 2.06. The first-order valence-electron chi connectivity index (χ1n) is 5.80. The van der Waals surface area contributed by atoms with E-state index in [-0.39, 0.29) is 17.6 Å². The molecule has 0 fully saturated rings. The standard InChI is InChI=1S/C13H22O2/c1-8(2)12(14)13(15)11-6-5-9(3)10(4)7-11/h8,11-12,14H,5-7H2,1-4H3/t11-,12-/m0/s1. The van der Waals surface area contributed by atoms with Gasteiger partial charge in [-0.2, -0.15) is 0 Å². The first-order valence-corrected chi connectivity index (χ1v) is 5.80. The van der Waals surface area contributed by atoms with Crippen molar-refractivity contribution in [2.24, 2.45) is 11.8 Å². The number of carbonyl (C=O) groups excluding carboxylic acids is 1. The van der Waals surface area contributed by atoms with Gasteiger partial charge in [-0.15, -0.1) is 0 Å². The molecular weight excluding hydrogens is 188 g/mol. The van der Waals surface area contributed by atoms with E-state index in [1.54, 1.807) is 0 Å². The Morgan fingerprint density at radius 1 is 1.33 bits per heavy atom. The highest BCUT2D eigenvalue weighted by Gasteiger charge is 2.29. The van der Waals surface area contributed by atoms with Crippen LogP contribution in [0, 0.1) is 11.8 Å². The van der Waals surface area contributed by atoms with Crippen molar-refractivity contribution < 1.29 is 9.90 Å². The normalized spacial score (nSPS) is 24.5. The van der Waals surface area contributed by atoms with E-state index in [2.05, 4.69) is 13.8 Å². The Labute approximate surface area is 92.4 Å². The summed E-state index contributed by atoms with van der Waals surface area (Å²) >= 11 is 0.